The molecule has 2 amide bonds. The van der Waals surface area contributed by atoms with Crippen LogP contribution in [-0.4, -0.2) is 50.6 Å². The second-order valence-electron chi connectivity index (χ2n) is 2.48. The maximum absolute atomic E-state index is 11.0. The molecule has 0 aromatic heterocycles. The Morgan fingerprint density at radius 3 is 1.47 bits per heavy atom. The van der Waals surface area contributed by atoms with Gasteiger partial charge in [-0.1, -0.05) is 0 Å². The van der Waals surface area contributed by atoms with Gasteiger partial charge in [0.2, 0.25) is 0 Å². The van der Waals surface area contributed by atoms with E-state index >= 15 is 0 Å². The second-order valence-corrected chi connectivity index (χ2v) is 2.48. The van der Waals surface area contributed by atoms with Crippen LogP contribution in [0.4, 0.5) is 4.79 Å². The zero-order valence-corrected chi connectivity index (χ0v) is 8.17. The molecule has 0 bridgehead atoms. The van der Waals surface area contributed by atoms with Gasteiger partial charge >= 0.3 is 29.5 Å². The van der Waals surface area contributed by atoms with Crippen LogP contribution in [0.3, 0.4) is 0 Å². The fraction of sp³-hybridized carbons (Fsp3) is 0.167. The van der Waals surface area contributed by atoms with Crippen molar-refractivity contribution in [2.45, 2.75) is 5.54 Å². The number of rotatable bonds is 5. The minimum Gasteiger partial charge on any atom is -0.479 e. The minimum atomic E-state index is -3.63. The highest BCUT2D eigenvalue weighted by atomic mass is 16.4. The number of carboxylic acid groups (broad SMARTS) is 3. The molecule has 0 radical (unpaired) electrons. The first-order valence-electron chi connectivity index (χ1n) is 3.48. The van der Waals surface area contributed by atoms with Crippen LogP contribution in [0.25, 0.3) is 0 Å². The van der Waals surface area contributed by atoms with E-state index in [1.807, 2.05) is 0 Å². The van der Waals surface area contributed by atoms with Crippen molar-refractivity contribution >= 4 is 29.7 Å². The molecule has 0 aliphatic rings. The molecule has 17 heavy (non-hydrogen) atoms. The number of ketones is 1. The average Bonchev–Trinajstić information content (AvgIpc) is 2.11. The van der Waals surface area contributed by atoms with E-state index in [0.29, 0.717) is 0 Å². The zero-order chi connectivity index (χ0) is 13.1. The third-order valence-electron chi connectivity index (χ3n) is 1.49. The number of urea groups is 1. The fourth-order valence-electron chi connectivity index (χ4n) is 0.795. The third kappa shape index (κ3) is 2.88. The number of amides is 2. The lowest BCUT2D eigenvalue weighted by Crippen LogP contribution is -2.67. The van der Waals surface area contributed by atoms with Gasteiger partial charge in [0, 0.05) is 0 Å². The van der Waals surface area contributed by atoms with Crippen molar-refractivity contribution in [1.29, 1.82) is 0 Å². The van der Waals surface area contributed by atoms with Crippen molar-refractivity contribution in [3.63, 3.8) is 0 Å². The summed E-state index contributed by atoms with van der Waals surface area (Å²) in [5.41, 5.74) is 0.843. The Morgan fingerprint density at radius 2 is 1.29 bits per heavy atom. The summed E-state index contributed by atoms with van der Waals surface area (Å²) in [7, 11) is 0. The summed E-state index contributed by atoms with van der Waals surface area (Å²) >= 11 is 0. The molecule has 0 aliphatic heterocycles. The molecule has 0 spiro atoms. The lowest BCUT2D eigenvalue weighted by atomic mass is 9.94. The largest absolute Gasteiger partial charge is 0.479 e. The molecule has 9 N–H and O–H groups in total. The number of Topliss-reactive ketones (excluding diaryl/α,β-unsaturated/α-hetero) is 1. The Bertz CT molecular complexity index is 375. The molecule has 0 atom stereocenters. The van der Waals surface area contributed by atoms with Gasteiger partial charge in [-0.15, -0.1) is 0 Å². The summed E-state index contributed by atoms with van der Waals surface area (Å²) in [6.45, 7) is 0. The van der Waals surface area contributed by atoms with Gasteiger partial charge in [-0.3, -0.25) is 4.79 Å². The van der Waals surface area contributed by atoms with E-state index in [1.54, 1.807) is 0 Å². The van der Waals surface area contributed by atoms with Gasteiger partial charge in [-0.2, -0.15) is 0 Å². The van der Waals surface area contributed by atoms with E-state index in [1.165, 1.54) is 0 Å². The number of primary amides is 1. The molecule has 0 heterocycles. The van der Waals surface area contributed by atoms with Crippen molar-refractivity contribution in [2.24, 2.45) is 5.73 Å². The molecule has 0 saturated carbocycles. The fourth-order valence-corrected chi connectivity index (χ4v) is 0.795. The first-order valence-corrected chi connectivity index (χ1v) is 3.48. The predicted molar refractivity (Wildman–Crippen MR) is 48.4 cm³/mol. The minimum absolute atomic E-state index is 0. The van der Waals surface area contributed by atoms with Crippen LogP contribution in [0.1, 0.15) is 0 Å². The maximum Gasteiger partial charge on any atom is 0.376 e. The van der Waals surface area contributed by atoms with Gasteiger partial charge in [-0.05, 0) is 0 Å². The highest BCUT2D eigenvalue weighted by Gasteiger charge is 2.58. The average molecular weight is 251 g/mol. The summed E-state index contributed by atoms with van der Waals surface area (Å²) in [5.74, 6) is -9.32. The van der Waals surface area contributed by atoms with Gasteiger partial charge in [0.1, 0.15) is 0 Å². The number of carbonyl (C=O) groups is 5. The highest BCUT2D eigenvalue weighted by molar-refractivity contribution is 6.47. The van der Waals surface area contributed by atoms with Crippen molar-refractivity contribution in [3.8, 4) is 0 Å². The number of carboxylic acids is 3. The molecule has 0 unspecified atom stereocenters. The Labute approximate surface area is 92.8 Å². The maximum atomic E-state index is 11.0. The summed E-state index contributed by atoms with van der Waals surface area (Å²) in [5, 5.41) is 26.4. The van der Waals surface area contributed by atoms with Crippen LogP contribution in [-0.2, 0) is 19.2 Å². The van der Waals surface area contributed by atoms with Gasteiger partial charge < -0.3 is 32.5 Å². The summed E-state index contributed by atoms with van der Waals surface area (Å²) in [6, 6.07) is -1.67. The molecule has 0 fully saturated rings. The van der Waals surface area contributed by atoms with Gasteiger partial charge in [0.25, 0.3) is 5.78 Å². The van der Waals surface area contributed by atoms with Crippen molar-refractivity contribution in [3.05, 3.63) is 0 Å². The third-order valence-corrected chi connectivity index (χ3v) is 1.49. The lowest BCUT2D eigenvalue weighted by Gasteiger charge is -2.21. The Morgan fingerprint density at radius 1 is 0.941 bits per heavy atom. The summed E-state index contributed by atoms with van der Waals surface area (Å²) in [4.78, 5) is 52.8. The van der Waals surface area contributed by atoms with E-state index in [4.69, 9.17) is 15.3 Å². The molecular weight excluding hydrogens is 242 g/mol. The number of nitrogens with two attached hydrogens (primary N) is 1. The number of hydrogen-bond donors (Lipinski definition) is 6. The first-order chi connectivity index (χ1) is 7.16. The van der Waals surface area contributed by atoms with Crippen LogP contribution in [0.15, 0.2) is 0 Å². The Balaban J connectivity index is 0. The van der Waals surface area contributed by atoms with Crippen molar-refractivity contribution in [2.75, 3.05) is 0 Å². The zero-order valence-electron chi connectivity index (χ0n) is 8.17. The normalized spacial score (nSPS) is 9.65. The standard InChI is InChI=1S/C6H6N2O8.H3N/c7-5(16)8-6(3(12)13,4(14)15)1(9)2(10)11;/h(H,10,11)(H,12,13)(H,14,15)(H3,7,8,16);1H3. The SMILES string of the molecule is N.NC(=O)NC(C(=O)O)(C(=O)O)C(=O)C(=O)O. The van der Waals surface area contributed by atoms with Gasteiger partial charge in [0.15, 0.2) is 0 Å². The molecule has 0 rings (SSSR count). The Hall–Kier alpha value is -2.69. The molecule has 0 aromatic carbocycles. The number of carbonyl (C=O) groups excluding carboxylic acids is 2. The van der Waals surface area contributed by atoms with E-state index in [-0.39, 0.29) is 6.15 Å². The first kappa shape index (κ1) is 16.7. The number of nitrogens with one attached hydrogen (secondary N) is 1. The lowest BCUT2D eigenvalue weighted by molar-refractivity contribution is -0.167. The molecule has 0 aliphatic carbocycles. The van der Waals surface area contributed by atoms with Crippen molar-refractivity contribution in [1.82, 2.24) is 11.5 Å². The highest BCUT2D eigenvalue weighted by Crippen LogP contribution is 2.08. The topological polar surface area (TPSA) is 219 Å². The van der Waals surface area contributed by atoms with Crippen molar-refractivity contribution < 1.29 is 39.3 Å². The molecule has 11 nitrogen and oxygen atoms in total. The van der Waals surface area contributed by atoms with E-state index < -0.39 is 35.3 Å². The Kier molecular flexibility index (Phi) is 5.32. The number of aliphatic carboxylic acids is 3. The second kappa shape index (κ2) is 5.41. The van der Waals surface area contributed by atoms with E-state index in [2.05, 4.69) is 5.73 Å². The smallest absolute Gasteiger partial charge is 0.376 e. The number of hydrogen-bond acceptors (Lipinski definition) is 6. The molecule has 96 valence electrons. The van der Waals surface area contributed by atoms with E-state index in [9.17, 15) is 24.0 Å². The summed E-state index contributed by atoms with van der Waals surface area (Å²) in [6.07, 6.45) is 0. The predicted octanol–water partition coefficient (Wildman–Crippen LogP) is -2.62. The summed E-state index contributed by atoms with van der Waals surface area (Å²) < 4.78 is 0. The quantitative estimate of drug-likeness (QED) is 0.222. The van der Waals surface area contributed by atoms with Crippen LogP contribution in [0.2, 0.25) is 0 Å². The molecule has 11 heteroatoms. The van der Waals surface area contributed by atoms with Gasteiger partial charge in [0.05, 0.1) is 0 Å². The molecule has 0 aromatic rings. The van der Waals surface area contributed by atoms with Crippen LogP contribution in [0, 0.1) is 0 Å². The van der Waals surface area contributed by atoms with Crippen LogP contribution >= 0.6 is 0 Å². The molecule has 0 saturated heterocycles. The van der Waals surface area contributed by atoms with Gasteiger partial charge in [-0.25, -0.2) is 19.2 Å². The van der Waals surface area contributed by atoms with E-state index in [0.717, 1.165) is 5.32 Å². The molecular formula is C6H9N3O8. The van der Waals surface area contributed by atoms with Crippen LogP contribution in [0.5, 0.6) is 0 Å². The monoisotopic (exact) mass is 251 g/mol. The van der Waals surface area contributed by atoms with Crippen LogP contribution < -0.4 is 17.2 Å².